The number of methoxy groups -OCH3 is 2. The van der Waals surface area contributed by atoms with Gasteiger partial charge < -0.3 is 23.9 Å². The van der Waals surface area contributed by atoms with Crippen LogP contribution < -0.4 is 14.9 Å². The number of ether oxygens (including phenoxy) is 3. The molecule has 0 saturated heterocycles. The molecule has 1 aromatic carbocycles. The summed E-state index contributed by atoms with van der Waals surface area (Å²) in [5.41, 5.74) is -0.108. The number of rotatable bonds is 8. The van der Waals surface area contributed by atoms with Crippen LogP contribution in [0.15, 0.2) is 29.2 Å². The van der Waals surface area contributed by atoms with Crippen molar-refractivity contribution >= 4 is 5.97 Å². The summed E-state index contributed by atoms with van der Waals surface area (Å²) in [4.78, 5) is 23.6. The van der Waals surface area contributed by atoms with E-state index in [-0.39, 0.29) is 12.1 Å². The Balaban J connectivity index is 2.11. The highest BCUT2D eigenvalue weighted by atomic mass is 19.4. The zero-order valence-electron chi connectivity index (χ0n) is 17.0. The number of carboxylic acid groups (broad SMARTS) is 1. The Morgan fingerprint density at radius 2 is 1.94 bits per heavy atom. The summed E-state index contributed by atoms with van der Waals surface area (Å²) >= 11 is 0. The number of fused-ring (bicyclic) bond motifs is 3. The SMILES string of the molecule is COCCCOc1cc2c(cc1OC)-c1cc(=O)c(C(=O)O)cn1[C@H](CC(F)(F)F)C2. The van der Waals surface area contributed by atoms with Crippen molar-refractivity contribution in [3.8, 4) is 22.8 Å². The summed E-state index contributed by atoms with van der Waals surface area (Å²) < 4.78 is 57.0. The van der Waals surface area contributed by atoms with Crippen LogP contribution in [0.4, 0.5) is 13.2 Å². The second kappa shape index (κ2) is 9.01. The van der Waals surface area contributed by atoms with Crippen LogP contribution >= 0.6 is 0 Å². The number of hydrogen-bond donors (Lipinski definition) is 1. The second-order valence-corrected chi connectivity index (χ2v) is 7.18. The van der Waals surface area contributed by atoms with Crippen molar-refractivity contribution < 1.29 is 37.3 Å². The van der Waals surface area contributed by atoms with Crippen LogP contribution in [0.3, 0.4) is 0 Å². The molecule has 0 bridgehead atoms. The lowest BCUT2D eigenvalue weighted by Crippen LogP contribution is -2.28. The third-order valence-corrected chi connectivity index (χ3v) is 5.04. The maximum atomic E-state index is 13.2. The third-order valence-electron chi connectivity index (χ3n) is 5.04. The van der Waals surface area contributed by atoms with Gasteiger partial charge >= 0.3 is 12.1 Å². The largest absolute Gasteiger partial charge is 0.493 e. The van der Waals surface area contributed by atoms with Crippen LogP contribution in [0.5, 0.6) is 11.5 Å². The fraction of sp³-hybridized carbons (Fsp3) is 0.429. The van der Waals surface area contributed by atoms with E-state index < -0.39 is 35.6 Å². The molecule has 1 atom stereocenters. The fourth-order valence-electron chi connectivity index (χ4n) is 3.69. The van der Waals surface area contributed by atoms with Gasteiger partial charge in [-0.15, -0.1) is 0 Å². The molecule has 0 saturated carbocycles. The minimum Gasteiger partial charge on any atom is -0.493 e. The van der Waals surface area contributed by atoms with E-state index in [0.29, 0.717) is 42.3 Å². The minimum absolute atomic E-state index is 0.0117. The molecule has 2 heterocycles. The van der Waals surface area contributed by atoms with Gasteiger partial charge in [-0.2, -0.15) is 13.2 Å². The van der Waals surface area contributed by atoms with Crippen LogP contribution in [0.2, 0.25) is 0 Å². The Bertz CT molecular complexity index is 1030. The molecule has 1 N–H and O–H groups in total. The maximum Gasteiger partial charge on any atom is 0.391 e. The Hall–Kier alpha value is -3.01. The molecule has 168 valence electrons. The van der Waals surface area contributed by atoms with Gasteiger partial charge in [0.15, 0.2) is 16.9 Å². The number of aromatic carboxylic acids is 1. The number of aromatic nitrogens is 1. The maximum absolute atomic E-state index is 13.2. The van der Waals surface area contributed by atoms with Gasteiger partial charge in [0.25, 0.3) is 0 Å². The summed E-state index contributed by atoms with van der Waals surface area (Å²) in [6, 6.07) is 3.17. The minimum atomic E-state index is -4.47. The van der Waals surface area contributed by atoms with E-state index in [2.05, 4.69) is 0 Å². The van der Waals surface area contributed by atoms with Crippen molar-refractivity contribution in [2.75, 3.05) is 27.4 Å². The quantitative estimate of drug-likeness (QED) is 0.629. The molecule has 0 fully saturated rings. The predicted octanol–water partition coefficient (Wildman–Crippen LogP) is 3.69. The lowest BCUT2D eigenvalue weighted by molar-refractivity contribution is -0.142. The molecule has 1 aromatic heterocycles. The van der Waals surface area contributed by atoms with Gasteiger partial charge in [-0.1, -0.05) is 0 Å². The highest BCUT2D eigenvalue weighted by molar-refractivity contribution is 5.87. The molecular weight excluding hydrogens is 419 g/mol. The second-order valence-electron chi connectivity index (χ2n) is 7.18. The zero-order chi connectivity index (χ0) is 22.8. The molecule has 7 nitrogen and oxygen atoms in total. The molecule has 1 aliphatic heterocycles. The standard InChI is InChI=1S/C21H22F3NO6/c1-29-4-3-5-31-19-7-12-6-13(10-21(22,23)24)25-11-15(20(27)28)17(26)9-16(25)14(12)8-18(19)30-2/h7-9,11,13H,3-6,10H2,1-2H3,(H,27,28)/t13-/m0/s1. The van der Waals surface area contributed by atoms with E-state index >= 15 is 0 Å². The Morgan fingerprint density at radius 3 is 2.55 bits per heavy atom. The molecule has 3 rings (SSSR count). The number of carbonyl (C=O) groups is 1. The van der Waals surface area contributed by atoms with E-state index in [1.807, 2.05) is 0 Å². The van der Waals surface area contributed by atoms with Crippen molar-refractivity contribution in [3.05, 3.63) is 45.7 Å². The predicted molar refractivity (Wildman–Crippen MR) is 105 cm³/mol. The van der Waals surface area contributed by atoms with Crippen LogP contribution in [0.25, 0.3) is 11.3 Å². The molecule has 0 radical (unpaired) electrons. The first kappa shape index (κ1) is 22.7. The normalized spacial score (nSPS) is 15.2. The Morgan fingerprint density at radius 1 is 1.19 bits per heavy atom. The molecule has 31 heavy (non-hydrogen) atoms. The van der Waals surface area contributed by atoms with E-state index in [0.717, 1.165) is 12.3 Å². The van der Waals surface area contributed by atoms with E-state index in [1.54, 1.807) is 19.2 Å². The van der Waals surface area contributed by atoms with Crippen molar-refractivity contribution in [3.63, 3.8) is 0 Å². The van der Waals surface area contributed by atoms with Gasteiger partial charge in [0.1, 0.15) is 5.56 Å². The van der Waals surface area contributed by atoms with Gasteiger partial charge in [-0.25, -0.2) is 4.79 Å². The Labute approximate surface area is 176 Å². The fourth-order valence-corrected chi connectivity index (χ4v) is 3.69. The zero-order valence-corrected chi connectivity index (χ0v) is 17.0. The molecular formula is C21H22F3NO6. The number of carboxylic acids is 1. The first-order valence-electron chi connectivity index (χ1n) is 9.54. The molecule has 1 aliphatic rings. The average Bonchev–Trinajstić information content (AvgIpc) is 2.69. The first-order valence-corrected chi connectivity index (χ1v) is 9.54. The molecule has 0 spiro atoms. The lowest BCUT2D eigenvalue weighted by atomic mass is 9.90. The highest BCUT2D eigenvalue weighted by Crippen LogP contribution is 2.43. The molecule has 10 heteroatoms. The third kappa shape index (κ3) is 5.01. The summed E-state index contributed by atoms with van der Waals surface area (Å²) in [6.07, 6.45) is -4.05. The first-order chi connectivity index (χ1) is 14.6. The number of halogens is 3. The monoisotopic (exact) mass is 441 g/mol. The van der Waals surface area contributed by atoms with Gasteiger partial charge in [0.2, 0.25) is 0 Å². The molecule has 2 aromatic rings. The summed E-state index contributed by atoms with van der Waals surface area (Å²) in [7, 11) is 3.00. The van der Waals surface area contributed by atoms with Crippen molar-refractivity contribution in [2.45, 2.75) is 31.5 Å². The van der Waals surface area contributed by atoms with E-state index in [1.165, 1.54) is 11.7 Å². The van der Waals surface area contributed by atoms with Gasteiger partial charge in [-0.3, -0.25) is 4.79 Å². The van der Waals surface area contributed by atoms with E-state index in [4.69, 9.17) is 14.2 Å². The number of pyridine rings is 1. The van der Waals surface area contributed by atoms with E-state index in [9.17, 15) is 27.9 Å². The van der Waals surface area contributed by atoms with Crippen LogP contribution in [-0.2, 0) is 11.2 Å². The van der Waals surface area contributed by atoms with Gasteiger partial charge in [-0.05, 0) is 24.1 Å². The topological polar surface area (TPSA) is 87.0 Å². The molecule has 0 unspecified atom stereocenters. The number of benzene rings is 1. The van der Waals surface area contributed by atoms with Gasteiger partial charge in [0.05, 0.1) is 25.8 Å². The van der Waals surface area contributed by atoms with Crippen molar-refractivity contribution in [1.29, 1.82) is 0 Å². The summed E-state index contributed by atoms with van der Waals surface area (Å²) in [5.74, 6) is -0.762. The van der Waals surface area contributed by atoms with Crippen LogP contribution in [-0.4, -0.2) is 49.3 Å². The van der Waals surface area contributed by atoms with Crippen molar-refractivity contribution in [2.24, 2.45) is 0 Å². The summed E-state index contributed by atoms with van der Waals surface area (Å²) in [5, 5.41) is 9.24. The lowest BCUT2D eigenvalue weighted by Gasteiger charge is -2.32. The molecule has 0 aliphatic carbocycles. The summed E-state index contributed by atoms with van der Waals surface area (Å²) in [6.45, 7) is 0.816. The average molecular weight is 441 g/mol. The highest BCUT2D eigenvalue weighted by Gasteiger charge is 2.36. The van der Waals surface area contributed by atoms with Gasteiger partial charge in [0, 0.05) is 44.0 Å². The number of nitrogens with zero attached hydrogens (tertiary/aromatic N) is 1. The van der Waals surface area contributed by atoms with Crippen LogP contribution in [0, 0.1) is 0 Å². The van der Waals surface area contributed by atoms with Crippen molar-refractivity contribution in [1.82, 2.24) is 4.57 Å². The number of hydrogen-bond acceptors (Lipinski definition) is 5. The van der Waals surface area contributed by atoms with Crippen LogP contribution in [0.1, 0.15) is 34.8 Å². The Kier molecular flexibility index (Phi) is 6.59. The smallest absolute Gasteiger partial charge is 0.391 e. The molecule has 0 amide bonds. The number of alkyl halides is 3.